The molecular weight excluding hydrogens is 264 g/mol. The van der Waals surface area contributed by atoms with Crippen LogP contribution < -0.4 is 0 Å². The Labute approximate surface area is 117 Å². The lowest BCUT2D eigenvalue weighted by atomic mass is 9.78. The first-order valence-corrected chi connectivity index (χ1v) is 6.95. The Morgan fingerprint density at radius 2 is 1.89 bits per heavy atom. The number of carboxylic acid groups (broad SMARTS) is 1. The molecule has 0 bridgehead atoms. The Hall–Kier alpha value is -1.35. The smallest absolute Gasteiger partial charge is 0.306 e. The van der Waals surface area contributed by atoms with Crippen molar-refractivity contribution in [1.29, 1.82) is 0 Å². The highest BCUT2D eigenvalue weighted by Gasteiger charge is 2.28. The van der Waals surface area contributed by atoms with E-state index in [0.29, 0.717) is 23.4 Å². The molecule has 2 atom stereocenters. The molecule has 0 saturated heterocycles. The highest BCUT2D eigenvalue weighted by Crippen LogP contribution is 2.32. The molecule has 0 unspecified atom stereocenters. The highest BCUT2D eigenvalue weighted by atomic mass is 35.5. The number of hydrogen-bond acceptors (Lipinski definition) is 2. The van der Waals surface area contributed by atoms with E-state index in [1.54, 1.807) is 24.3 Å². The van der Waals surface area contributed by atoms with Crippen molar-refractivity contribution in [2.75, 3.05) is 0 Å². The van der Waals surface area contributed by atoms with Crippen LogP contribution in [0.2, 0.25) is 5.02 Å². The topological polar surface area (TPSA) is 54.4 Å². The molecule has 1 aliphatic carbocycles. The number of benzene rings is 1. The molecule has 1 aromatic carbocycles. The quantitative estimate of drug-likeness (QED) is 0.854. The molecule has 1 N–H and O–H groups in total. The molecule has 2 rings (SSSR count). The fraction of sp³-hybridized carbons (Fsp3) is 0.467. The van der Waals surface area contributed by atoms with Gasteiger partial charge in [-0.1, -0.05) is 18.0 Å². The van der Waals surface area contributed by atoms with Gasteiger partial charge in [0.1, 0.15) is 0 Å². The molecule has 0 amide bonds. The van der Waals surface area contributed by atoms with E-state index >= 15 is 0 Å². The molecule has 102 valence electrons. The fourth-order valence-corrected chi connectivity index (χ4v) is 2.84. The van der Waals surface area contributed by atoms with E-state index in [9.17, 15) is 9.59 Å². The summed E-state index contributed by atoms with van der Waals surface area (Å²) < 4.78 is 0. The predicted octanol–water partition coefficient (Wildman–Crippen LogP) is 3.80. The van der Waals surface area contributed by atoms with Crippen LogP contribution in [-0.2, 0) is 4.79 Å². The summed E-state index contributed by atoms with van der Waals surface area (Å²) in [7, 11) is 0. The minimum atomic E-state index is -0.733. The second-order valence-electron chi connectivity index (χ2n) is 5.20. The maximum atomic E-state index is 12.1. The van der Waals surface area contributed by atoms with Gasteiger partial charge in [0, 0.05) is 17.0 Å². The number of aliphatic carboxylic acids is 1. The van der Waals surface area contributed by atoms with Crippen LogP contribution in [0.5, 0.6) is 0 Å². The van der Waals surface area contributed by atoms with E-state index in [1.807, 2.05) is 0 Å². The van der Waals surface area contributed by atoms with Gasteiger partial charge in [0.05, 0.1) is 5.92 Å². The van der Waals surface area contributed by atoms with Gasteiger partial charge in [0.2, 0.25) is 0 Å². The van der Waals surface area contributed by atoms with Gasteiger partial charge in [-0.15, -0.1) is 0 Å². The molecule has 1 aliphatic rings. The summed E-state index contributed by atoms with van der Waals surface area (Å²) in [5, 5.41) is 9.65. The van der Waals surface area contributed by atoms with Crippen molar-refractivity contribution >= 4 is 23.4 Å². The standard InChI is InChI=1S/C15H17ClO3/c16-13-6-4-11(5-7-13)14(17)9-10-2-1-3-12(8-10)15(18)19/h4-7,10,12H,1-3,8-9H2,(H,18,19)/t10-,12+/m1/s1. The third-order valence-electron chi connectivity index (χ3n) is 3.77. The van der Waals surface area contributed by atoms with Crippen molar-refractivity contribution in [2.24, 2.45) is 11.8 Å². The fourth-order valence-electron chi connectivity index (χ4n) is 2.72. The molecule has 1 saturated carbocycles. The van der Waals surface area contributed by atoms with E-state index in [4.69, 9.17) is 16.7 Å². The molecule has 4 heteroatoms. The Morgan fingerprint density at radius 1 is 1.21 bits per heavy atom. The predicted molar refractivity (Wildman–Crippen MR) is 73.5 cm³/mol. The third-order valence-corrected chi connectivity index (χ3v) is 4.02. The van der Waals surface area contributed by atoms with E-state index in [-0.39, 0.29) is 17.6 Å². The maximum absolute atomic E-state index is 12.1. The first kappa shape index (κ1) is 14.1. The van der Waals surface area contributed by atoms with Crippen LogP contribution in [-0.4, -0.2) is 16.9 Å². The van der Waals surface area contributed by atoms with Crippen molar-refractivity contribution in [1.82, 2.24) is 0 Å². The van der Waals surface area contributed by atoms with Crippen LogP contribution in [0.15, 0.2) is 24.3 Å². The van der Waals surface area contributed by atoms with Crippen molar-refractivity contribution in [3.63, 3.8) is 0 Å². The van der Waals surface area contributed by atoms with Gasteiger partial charge in [-0.25, -0.2) is 0 Å². The zero-order valence-corrected chi connectivity index (χ0v) is 11.4. The molecule has 0 aliphatic heterocycles. The second-order valence-corrected chi connectivity index (χ2v) is 5.64. The van der Waals surface area contributed by atoms with Crippen LogP contribution in [0.3, 0.4) is 0 Å². The van der Waals surface area contributed by atoms with Crippen molar-refractivity contribution in [3.8, 4) is 0 Å². The van der Waals surface area contributed by atoms with Gasteiger partial charge in [-0.2, -0.15) is 0 Å². The zero-order valence-electron chi connectivity index (χ0n) is 10.6. The Balaban J connectivity index is 1.95. The van der Waals surface area contributed by atoms with Crippen molar-refractivity contribution in [2.45, 2.75) is 32.1 Å². The number of Topliss-reactive ketones (excluding diaryl/α,β-unsaturated/α-hetero) is 1. The van der Waals surface area contributed by atoms with Crippen LogP contribution in [0.25, 0.3) is 0 Å². The lowest BCUT2D eigenvalue weighted by Gasteiger charge is -2.26. The summed E-state index contributed by atoms with van der Waals surface area (Å²) in [6.07, 6.45) is 3.64. The van der Waals surface area contributed by atoms with Gasteiger partial charge < -0.3 is 5.11 Å². The first-order chi connectivity index (χ1) is 9.06. The maximum Gasteiger partial charge on any atom is 0.306 e. The molecular formula is C15H17ClO3. The zero-order chi connectivity index (χ0) is 13.8. The van der Waals surface area contributed by atoms with Gasteiger partial charge in [0.25, 0.3) is 0 Å². The number of halogens is 1. The third kappa shape index (κ3) is 3.80. The number of hydrogen-bond donors (Lipinski definition) is 1. The Kier molecular flexibility index (Phi) is 4.59. The van der Waals surface area contributed by atoms with E-state index in [0.717, 1.165) is 19.3 Å². The van der Waals surface area contributed by atoms with Crippen molar-refractivity contribution in [3.05, 3.63) is 34.9 Å². The summed E-state index contributed by atoms with van der Waals surface area (Å²) >= 11 is 5.79. The lowest BCUT2D eigenvalue weighted by molar-refractivity contribution is -0.143. The molecule has 1 fully saturated rings. The minimum Gasteiger partial charge on any atom is -0.481 e. The molecule has 0 aromatic heterocycles. The summed E-state index contributed by atoms with van der Waals surface area (Å²) in [5.41, 5.74) is 0.654. The summed E-state index contributed by atoms with van der Waals surface area (Å²) in [5.74, 6) is -0.744. The second kappa shape index (κ2) is 6.20. The van der Waals surface area contributed by atoms with Gasteiger partial charge in [-0.05, 0) is 49.4 Å². The minimum absolute atomic E-state index is 0.0766. The largest absolute Gasteiger partial charge is 0.481 e. The number of carboxylic acids is 1. The van der Waals surface area contributed by atoms with Crippen LogP contribution in [0.1, 0.15) is 42.5 Å². The number of ketones is 1. The van der Waals surface area contributed by atoms with Gasteiger partial charge in [0.15, 0.2) is 5.78 Å². The summed E-state index contributed by atoms with van der Waals surface area (Å²) in [6, 6.07) is 6.86. The normalized spacial score (nSPS) is 23.0. The SMILES string of the molecule is O=C(C[C@@H]1CCC[C@H](C(=O)O)C1)c1ccc(Cl)cc1. The molecule has 0 spiro atoms. The average molecular weight is 281 g/mol. The average Bonchev–Trinajstić information content (AvgIpc) is 2.39. The Bertz CT molecular complexity index is 467. The van der Waals surface area contributed by atoms with E-state index < -0.39 is 5.97 Å². The molecule has 0 heterocycles. The Morgan fingerprint density at radius 3 is 2.53 bits per heavy atom. The highest BCUT2D eigenvalue weighted by molar-refractivity contribution is 6.30. The van der Waals surface area contributed by atoms with Crippen LogP contribution >= 0.6 is 11.6 Å². The van der Waals surface area contributed by atoms with Gasteiger partial charge >= 0.3 is 5.97 Å². The van der Waals surface area contributed by atoms with E-state index in [2.05, 4.69) is 0 Å². The number of carbonyl (C=O) groups excluding carboxylic acids is 1. The van der Waals surface area contributed by atoms with E-state index in [1.165, 1.54) is 0 Å². The van der Waals surface area contributed by atoms with Gasteiger partial charge in [-0.3, -0.25) is 9.59 Å². The lowest BCUT2D eigenvalue weighted by Crippen LogP contribution is -2.24. The molecule has 0 radical (unpaired) electrons. The summed E-state index contributed by atoms with van der Waals surface area (Å²) in [6.45, 7) is 0. The summed E-state index contributed by atoms with van der Waals surface area (Å²) in [4.78, 5) is 23.1. The molecule has 1 aromatic rings. The number of rotatable bonds is 4. The number of carbonyl (C=O) groups is 2. The molecule has 19 heavy (non-hydrogen) atoms. The van der Waals surface area contributed by atoms with Crippen molar-refractivity contribution < 1.29 is 14.7 Å². The van der Waals surface area contributed by atoms with Crippen LogP contribution in [0, 0.1) is 11.8 Å². The van der Waals surface area contributed by atoms with Crippen LogP contribution in [0.4, 0.5) is 0 Å². The first-order valence-electron chi connectivity index (χ1n) is 6.58. The monoisotopic (exact) mass is 280 g/mol. The molecule has 3 nitrogen and oxygen atoms in total.